The van der Waals surface area contributed by atoms with E-state index in [1.54, 1.807) is 4.40 Å². The number of hydrogen-bond acceptors (Lipinski definition) is 5. The van der Waals surface area contributed by atoms with Crippen LogP contribution in [0.2, 0.25) is 0 Å². The van der Waals surface area contributed by atoms with Crippen LogP contribution in [0.15, 0.2) is 97.3 Å². The zero-order chi connectivity index (χ0) is 27.6. The molecule has 3 aromatic heterocycles. The van der Waals surface area contributed by atoms with Gasteiger partial charge in [0.05, 0.1) is 0 Å². The quantitative estimate of drug-likeness (QED) is 0.224. The maximum atomic E-state index is 13.5. The number of carbonyl (C=O) groups is 2. The highest BCUT2D eigenvalue weighted by Crippen LogP contribution is 2.29. The third-order valence-electron chi connectivity index (χ3n) is 7.49. The Balaban J connectivity index is 1.18. The third-order valence-corrected chi connectivity index (χ3v) is 7.49. The summed E-state index contributed by atoms with van der Waals surface area (Å²) < 4.78 is 1.78. The normalized spacial score (nSPS) is 13.4. The number of benzene rings is 2. The molecule has 0 atom stereocenters. The number of carbonyl (C=O) groups excluding carboxylic acids is 2. The second-order valence-corrected chi connectivity index (χ2v) is 10.2. The lowest BCUT2D eigenvalue weighted by Gasteiger charge is -2.37. The van der Waals surface area contributed by atoms with Crippen molar-refractivity contribution in [2.45, 2.75) is 13.8 Å². The van der Waals surface area contributed by atoms with Crippen molar-refractivity contribution >= 4 is 34.4 Å². The van der Waals surface area contributed by atoms with Gasteiger partial charge in [-0.15, -0.1) is 0 Å². The summed E-state index contributed by atoms with van der Waals surface area (Å²) in [5, 5.41) is 2.84. The summed E-state index contributed by atoms with van der Waals surface area (Å²) in [4.78, 5) is 36.0. The molecular formula is C33H31N5O2. The van der Waals surface area contributed by atoms with Gasteiger partial charge in [0.15, 0.2) is 0 Å². The van der Waals surface area contributed by atoms with E-state index in [1.807, 2.05) is 98.2 Å². The molecule has 0 unspecified atom stereocenters. The molecule has 0 bridgehead atoms. The standard InChI is InChI=1S/C33H31N5O2/c1-23-13-14-34-30(20-23)37-18-16-36(17-19-37)29-12-11-26(21-24(29)2)35-33(40)32(39)31-28(25-8-4-3-5-9-25)22-27-10-6-7-15-38(27)31/h3-15,20-22H,16-19H2,1-2H3,(H,35,40). The van der Waals surface area contributed by atoms with E-state index < -0.39 is 11.7 Å². The number of nitrogens with one attached hydrogen (secondary N) is 1. The van der Waals surface area contributed by atoms with Crippen LogP contribution in [0, 0.1) is 13.8 Å². The first kappa shape index (κ1) is 25.4. The first-order chi connectivity index (χ1) is 19.5. The monoisotopic (exact) mass is 529 g/mol. The highest BCUT2D eigenvalue weighted by atomic mass is 16.2. The number of anilines is 3. The lowest BCUT2D eigenvalue weighted by Crippen LogP contribution is -2.47. The zero-order valence-corrected chi connectivity index (χ0v) is 22.7. The van der Waals surface area contributed by atoms with Crippen LogP contribution < -0.4 is 15.1 Å². The van der Waals surface area contributed by atoms with Gasteiger partial charge in [-0.3, -0.25) is 9.59 Å². The SMILES string of the molecule is Cc1ccnc(N2CCN(c3ccc(NC(=O)C(=O)c4c(-c5ccccc5)cc5ccccn45)cc3C)CC2)c1. The fourth-order valence-corrected chi connectivity index (χ4v) is 5.45. The predicted octanol–water partition coefficient (Wildman–Crippen LogP) is 5.77. The van der Waals surface area contributed by atoms with Gasteiger partial charge in [-0.25, -0.2) is 4.98 Å². The fourth-order valence-electron chi connectivity index (χ4n) is 5.45. The smallest absolute Gasteiger partial charge is 0.298 e. The molecule has 7 nitrogen and oxygen atoms in total. The Morgan fingerprint density at radius 3 is 2.30 bits per heavy atom. The van der Waals surface area contributed by atoms with Gasteiger partial charge in [0.2, 0.25) is 0 Å². The number of aryl methyl sites for hydroxylation is 2. The number of nitrogens with zero attached hydrogens (tertiary/aromatic N) is 4. The Morgan fingerprint density at radius 2 is 1.55 bits per heavy atom. The van der Waals surface area contributed by atoms with Gasteiger partial charge in [-0.05, 0) is 79.1 Å². The molecule has 1 N–H and O–H groups in total. The number of amides is 1. The highest BCUT2D eigenvalue weighted by Gasteiger charge is 2.25. The highest BCUT2D eigenvalue weighted by molar-refractivity contribution is 6.47. The van der Waals surface area contributed by atoms with Crippen LogP contribution in [0.3, 0.4) is 0 Å². The van der Waals surface area contributed by atoms with Crippen LogP contribution in [0.25, 0.3) is 16.6 Å². The van der Waals surface area contributed by atoms with Gasteiger partial charge in [-0.1, -0.05) is 36.4 Å². The summed E-state index contributed by atoms with van der Waals surface area (Å²) in [5.41, 5.74) is 6.82. The van der Waals surface area contributed by atoms with Crippen molar-refractivity contribution in [2.75, 3.05) is 41.3 Å². The average Bonchev–Trinajstić information content (AvgIpc) is 3.37. The summed E-state index contributed by atoms with van der Waals surface area (Å²) in [6.45, 7) is 7.65. The molecule has 200 valence electrons. The molecule has 1 amide bonds. The Kier molecular flexibility index (Phi) is 6.78. The number of ketones is 1. The lowest BCUT2D eigenvalue weighted by atomic mass is 10.0. The molecule has 4 heterocycles. The van der Waals surface area contributed by atoms with Crippen LogP contribution in [0.1, 0.15) is 21.6 Å². The number of fused-ring (bicyclic) bond motifs is 1. The van der Waals surface area contributed by atoms with Crippen LogP contribution in [-0.2, 0) is 4.79 Å². The first-order valence-electron chi connectivity index (χ1n) is 13.5. The molecule has 0 spiro atoms. The Bertz CT molecular complexity index is 1700. The van der Waals surface area contributed by atoms with E-state index in [0.717, 1.165) is 59.9 Å². The van der Waals surface area contributed by atoms with Crippen LogP contribution in [-0.4, -0.2) is 47.3 Å². The van der Waals surface area contributed by atoms with Gasteiger partial charge in [0.25, 0.3) is 11.7 Å². The third kappa shape index (κ3) is 4.94. The minimum Gasteiger partial charge on any atom is -0.368 e. The molecular weight excluding hydrogens is 498 g/mol. The molecule has 40 heavy (non-hydrogen) atoms. The van der Waals surface area contributed by atoms with Crippen molar-refractivity contribution in [1.82, 2.24) is 9.38 Å². The Morgan fingerprint density at radius 1 is 0.800 bits per heavy atom. The van der Waals surface area contributed by atoms with E-state index in [-0.39, 0.29) is 0 Å². The zero-order valence-electron chi connectivity index (χ0n) is 22.7. The average molecular weight is 530 g/mol. The van der Waals surface area contributed by atoms with Crippen molar-refractivity contribution in [3.8, 4) is 11.1 Å². The van der Waals surface area contributed by atoms with E-state index in [0.29, 0.717) is 11.4 Å². The predicted molar refractivity (Wildman–Crippen MR) is 160 cm³/mol. The molecule has 0 aliphatic carbocycles. The Hall–Kier alpha value is -4.91. The van der Waals surface area contributed by atoms with Gasteiger partial charge < -0.3 is 19.5 Å². The summed E-state index contributed by atoms with van der Waals surface area (Å²) in [6.07, 6.45) is 3.68. The second-order valence-electron chi connectivity index (χ2n) is 10.2. The molecule has 7 heteroatoms. The molecule has 0 saturated carbocycles. The van der Waals surface area contributed by atoms with Crippen LogP contribution in [0.5, 0.6) is 0 Å². The lowest BCUT2D eigenvalue weighted by molar-refractivity contribution is -0.112. The summed E-state index contributed by atoms with van der Waals surface area (Å²) >= 11 is 0. The fraction of sp³-hybridized carbons (Fsp3) is 0.182. The van der Waals surface area contributed by atoms with E-state index in [4.69, 9.17) is 0 Å². The van der Waals surface area contributed by atoms with E-state index >= 15 is 0 Å². The van der Waals surface area contributed by atoms with E-state index in [2.05, 4.69) is 33.1 Å². The number of Topliss-reactive ketones (excluding diaryl/α,β-unsaturated/α-hetero) is 1. The van der Waals surface area contributed by atoms with Crippen molar-refractivity contribution in [3.05, 3.63) is 114 Å². The maximum Gasteiger partial charge on any atom is 0.298 e. The molecule has 2 aromatic carbocycles. The van der Waals surface area contributed by atoms with E-state index in [9.17, 15) is 9.59 Å². The number of pyridine rings is 2. The molecule has 1 fully saturated rings. The molecule has 1 aliphatic heterocycles. The first-order valence-corrected chi connectivity index (χ1v) is 13.5. The van der Waals surface area contributed by atoms with Crippen LogP contribution >= 0.6 is 0 Å². The second kappa shape index (κ2) is 10.7. The molecule has 1 saturated heterocycles. The number of piperazine rings is 1. The maximum absolute atomic E-state index is 13.5. The van der Waals surface area contributed by atoms with Gasteiger partial charge in [0.1, 0.15) is 11.5 Å². The number of aromatic nitrogens is 2. The summed E-state index contributed by atoms with van der Waals surface area (Å²) in [7, 11) is 0. The number of hydrogen-bond donors (Lipinski definition) is 1. The summed E-state index contributed by atoms with van der Waals surface area (Å²) in [6, 6.07) is 27.3. The van der Waals surface area contributed by atoms with Gasteiger partial charge >= 0.3 is 0 Å². The number of rotatable bonds is 6. The molecule has 5 aromatic rings. The van der Waals surface area contributed by atoms with Crippen molar-refractivity contribution < 1.29 is 9.59 Å². The van der Waals surface area contributed by atoms with Gasteiger partial charge in [-0.2, -0.15) is 0 Å². The van der Waals surface area contributed by atoms with Crippen LogP contribution in [0.4, 0.5) is 17.2 Å². The molecule has 6 rings (SSSR count). The minimum absolute atomic E-state index is 0.355. The van der Waals surface area contributed by atoms with Gasteiger partial charge in [0, 0.05) is 61.0 Å². The molecule has 0 radical (unpaired) electrons. The largest absolute Gasteiger partial charge is 0.368 e. The van der Waals surface area contributed by atoms with Crippen molar-refractivity contribution in [1.29, 1.82) is 0 Å². The molecule has 1 aliphatic rings. The van der Waals surface area contributed by atoms with E-state index in [1.165, 1.54) is 5.56 Å². The van der Waals surface area contributed by atoms with Crippen molar-refractivity contribution in [3.63, 3.8) is 0 Å². The Labute approximate surface area is 233 Å². The summed E-state index contributed by atoms with van der Waals surface area (Å²) in [5.74, 6) is -0.217. The topological polar surface area (TPSA) is 70.0 Å². The minimum atomic E-state index is -0.660. The van der Waals surface area contributed by atoms with Crippen molar-refractivity contribution in [2.24, 2.45) is 0 Å².